The molecule has 1 aromatic carbocycles. The van der Waals surface area contributed by atoms with Crippen molar-refractivity contribution in [3.63, 3.8) is 0 Å². The Morgan fingerprint density at radius 2 is 2.05 bits per heavy atom. The monoisotopic (exact) mass is 273 g/mol. The number of fused-ring (bicyclic) bond motifs is 1. The molecule has 1 N–H and O–H groups in total. The van der Waals surface area contributed by atoms with Crippen LogP contribution in [0, 0.1) is 0 Å². The van der Waals surface area contributed by atoms with Crippen LogP contribution in [0.2, 0.25) is 0 Å². The number of ether oxygens (including phenoxy) is 2. The van der Waals surface area contributed by atoms with Gasteiger partial charge in [-0.2, -0.15) is 0 Å². The van der Waals surface area contributed by atoms with E-state index < -0.39 is 0 Å². The van der Waals surface area contributed by atoms with Crippen LogP contribution < -0.4 is 5.32 Å². The van der Waals surface area contributed by atoms with E-state index in [0.29, 0.717) is 0 Å². The highest BCUT2D eigenvalue weighted by Crippen LogP contribution is 2.30. The second kappa shape index (κ2) is 5.73. The number of benzene rings is 1. The summed E-state index contributed by atoms with van der Waals surface area (Å²) in [7, 11) is 1.73. The van der Waals surface area contributed by atoms with Crippen molar-refractivity contribution in [1.29, 1.82) is 0 Å². The van der Waals surface area contributed by atoms with E-state index in [1.807, 2.05) is 25.1 Å². The molecule has 0 aliphatic heterocycles. The molecular formula is C15H19N3O2. The number of rotatable bonds is 5. The van der Waals surface area contributed by atoms with E-state index in [2.05, 4.69) is 15.3 Å². The van der Waals surface area contributed by atoms with Crippen molar-refractivity contribution in [3.05, 3.63) is 30.6 Å². The van der Waals surface area contributed by atoms with Crippen molar-refractivity contribution in [2.75, 3.05) is 19.0 Å². The highest BCUT2D eigenvalue weighted by molar-refractivity contribution is 5.78. The van der Waals surface area contributed by atoms with Crippen LogP contribution in [0.1, 0.15) is 13.3 Å². The van der Waals surface area contributed by atoms with Gasteiger partial charge in [0.25, 0.3) is 0 Å². The molecule has 1 heterocycles. The average molecular weight is 273 g/mol. The van der Waals surface area contributed by atoms with Crippen LogP contribution in [-0.4, -0.2) is 41.9 Å². The molecule has 3 rings (SSSR count). The van der Waals surface area contributed by atoms with E-state index >= 15 is 0 Å². The molecule has 2 aromatic rings. The van der Waals surface area contributed by atoms with E-state index in [-0.39, 0.29) is 18.2 Å². The fourth-order valence-electron chi connectivity index (χ4n) is 2.68. The number of methoxy groups -OCH3 is 1. The summed E-state index contributed by atoms with van der Waals surface area (Å²) in [5.41, 5.74) is 2.84. The van der Waals surface area contributed by atoms with Crippen LogP contribution in [0.5, 0.6) is 0 Å². The molecule has 0 amide bonds. The first-order chi connectivity index (χ1) is 9.81. The van der Waals surface area contributed by atoms with Gasteiger partial charge in [-0.05, 0) is 31.5 Å². The molecule has 5 heteroatoms. The first-order valence-electron chi connectivity index (χ1n) is 6.93. The predicted molar refractivity (Wildman–Crippen MR) is 77.8 cm³/mol. The lowest BCUT2D eigenvalue weighted by Gasteiger charge is -2.43. The summed E-state index contributed by atoms with van der Waals surface area (Å²) >= 11 is 0. The molecule has 0 spiro atoms. The normalized spacial score (nSPS) is 25.4. The highest BCUT2D eigenvalue weighted by atomic mass is 16.5. The van der Waals surface area contributed by atoms with Crippen LogP contribution in [-0.2, 0) is 9.47 Å². The van der Waals surface area contributed by atoms with Gasteiger partial charge in [-0.25, -0.2) is 0 Å². The average Bonchev–Trinajstić information content (AvgIpc) is 2.46. The van der Waals surface area contributed by atoms with Gasteiger partial charge in [0.1, 0.15) is 6.10 Å². The van der Waals surface area contributed by atoms with E-state index in [0.717, 1.165) is 29.7 Å². The van der Waals surface area contributed by atoms with Gasteiger partial charge in [-0.15, -0.1) is 0 Å². The Balaban J connectivity index is 1.70. The number of nitrogens with zero attached hydrogens (tertiary/aromatic N) is 2. The smallest absolute Gasteiger partial charge is 0.103 e. The molecule has 1 aliphatic carbocycles. The number of hydrogen-bond acceptors (Lipinski definition) is 5. The van der Waals surface area contributed by atoms with Crippen LogP contribution in [0.25, 0.3) is 11.0 Å². The van der Waals surface area contributed by atoms with Gasteiger partial charge in [-0.3, -0.25) is 9.97 Å². The maximum absolute atomic E-state index is 5.63. The Labute approximate surface area is 118 Å². The first kappa shape index (κ1) is 13.3. The molecule has 1 aromatic heterocycles. The number of nitrogens with one attached hydrogen (secondary N) is 1. The van der Waals surface area contributed by atoms with Gasteiger partial charge in [0.2, 0.25) is 0 Å². The largest absolute Gasteiger partial charge is 0.379 e. The zero-order chi connectivity index (χ0) is 13.9. The van der Waals surface area contributed by atoms with Gasteiger partial charge in [0.15, 0.2) is 0 Å². The Kier molecular flexibility index (Phi) is 3.80. The Hall–Kier alpha value is -1.72. The van der Waals surface area contributed by atoms with Gasteiger partial charge in [-0.1, -0.05) is 0 Å². The van der Waals surface area contributed by atoms with E-state index in [1.54, 1.807) is 19.5 Å². The quantitative estimate of drug-likeness (QED) is 0.905. The first-order valence-corrected chi connectivity index (χ1v) is 6.93. The molecule has 1 fully saturated rings. The molecule has 5 nitrogen and oxygen atoms in total. The standard InChI is InChI=1S/C15H19N3O2/c1-3-20-14-9-13(15(14)19-2)18-10-4-5-11-12(8-10)17-7-6-16-11/h4-8,13-15,18H,3,9H2,1-2H3. The predicted octanol–water partition coefficient (Wildman–Crippen LogP) is 2.23. The third kappa shape index (κ3) is 2.46. The lowest BCUT2D eigenvalue weighted by Crippen LogP contribution is -2.56. The fourth-order valence-corrected chi connectivity index (χ4v) is 2.68. The summed E-state index contributed by atoms with van der Waals surface area (Å²) in [6.45, 7) is 2.73. The molecular weight excluding hydrogens is 254 g/mol. The Bertz CT molecular complexity index is 590. The zero-order valence-corrected chi connectivity index (χ0v) is 11.7. The third-order valence-electron chi connectivity index (χ3n) is 3.72. The highest BCUT2D eigenvalue weighted by Gasteiger charge is 2.42. The molecule has 3 unspecified atom stereocenters. The van der Waals surface area contributed by atoms with Crippen molar-refractivity contribution in [2.45, 2.75) is 31.6 Å². The summed E-state index contributed by atoms with van der Waals surface area (Å²) in [5.74, 6) is 0. The molecule has 0 saturated heterocycles. The van der Waals surface area contributed by atoms with Crippen molar-refractivity contribution < 1.29 is 9.47 Å². The summed E-state index contributed by atoms with van der Waals surface area (Å²) in [6.07, 6.45) is 4.67. The van der Waals surface area contributed by atoms with E-state index in [4.69, 9.17) is 9.47 Å². The number of hydrogen-bond donors (Lipinski definition) is 1. The van der Waals surface area contributed by atoms with Gasteiger partial charge < -0.3 is 14.8 Å². The van der Waals surface area contributed by atoms with Gasteiger partial charge >= 0.3 is 0 Å². The minimum Gasteiger partial charge on any atom is -0.379 e. The molecule has 0 radical (unpaired) electrons. The fraction of sp³-hybridized carbons (Fsp3) is 0.467. The summed E-state index contributed by atoms with van der Waals surface area (Å²) in [4.78, 5) is 8.59. The van der Waals surface area contributed by atoms with E-state index in [1.165, 1.54) is 0 Å². The van der Waals surface area contributed by atoms with Crippen LogP contribution in [0.3, 0.4) is 0 Å². The minimum atomic E-state index is 0.104. The van der Waals surface area contributed by atoms with E-state index in [9.17, 15) is 0 Å². The third-order valence-corrected chi connectivity index (χ3v) is 3.72. The number of aromatic nitrogens is 2. The molecule has 3 atom stereocenters. The van der Waals surface area contributed by atoms with Crippen LogP contribution in [0.15, 0.2) is 30.6 Å². The zero-order valence-electron chi connectivity index (χ0n) is 11.7. The topological polar surface area (TPSA) is 56.3 Å². The van der Waals surface area contributed by atoms with Crippen LogP contribution >= 0.6 is 0 Å². The molecule has 1 aliphatic rings. The molecule has 1 saturated carbocycles. The lowest BCUT2D eigenvalue weighted by atomic mass is 9.85. The minimum absolute atomic E-state index is 0.104. The second-order valence-corrected chi connectivity index (χ2v) is 4.94. The second-order valence-electron chi connectivity index (χ2n) is 4.94. The molecule has 0 bridgehead atoms. The number of anilines is 1. The van der Waals surface area contributed by atoms with Crippen molar-refractivity contribution in [2.24, 2.45) is 0 Å². The summed E-state index contributed by atoms with van der Waals surface area (Å²) in [5, 5.41) is 3.49. The van der Waals surface area contributed by atoms with Gasteiger partial charge in [0.05, 0.1) is 23.2 Å². The van der Waals surface area contributed by atoms with Crippen molar-refractivity contribution in [1.82, 2.24) is 9.97 Å². The van der Waals surface area contributed by atoms with Crippen molar-refractivity contribution >= 4 is 16.7 Å². The van der Waals surface area contributed by atoms with Gasteiger partial charge in [0, 0.05) is 31.8 Å². The van der Waals surface area contributed by atoms with Crippen molar-refractivity contribution in [3.8, 4) is 0 Å². The summed E-state index contributed by atoms with van der Waals surface area (Å²) in [6, 6.07) is 6.30. The maximum Gasteiger partial charge on any atom is 0.103 e. The maximum atomic E-state index is 5.63. The summed E-state index contributed by atoms with van der Waals surface area (Å²) < 4.78 is 11.1. The lowest BCUT2D eigenvalue weighted by molar-refractivity contribution is -0.118. The van der Waals surface area contributed by atoms with Crippen LogP contribution in [0.4, 0.5) is 5.69 Å². The Morgan fingerprint density at radius 3 is 2.80 bits per heavy atom. The Morgan fingerprint density at radius 1 is 1.25 bits per heavy atom. The SMILES string of the molecule is CCOC1CC(Nc2ccc3nccnc3c2)C1OC. The molecule has 20 heavy (non-hydrogen) atoms. The molecule has 106 valence electrons.